The van der Waals surface area contributed by atoms with Crippen LogP contribution in [0.25, 0.3) is 6.08 Å². The molecule has 0 unspecified atom stereocenters. The lowest BCUT2D eigenvalue weighted by molar-refractivity contribution is -0.127. The summed E-state index contributed by atoms with van der Waals surface area (Å²) in [7, 11) is 0. The first-order chi connectivity index (χ1) is 13.0. The molecular formula is C20H18FN3O3. The molecule has 1 fully saturated rings. The van der Waals surface area contributed by atoms with Crippen LogP contribution in [0.5, 0.6) is 0 Å². The average Bonchev–Trinajstić information content (AvgIpc) is 2.91. The summed E-state index contributed by atoms with van der Waals surface area (Å²) >= 11 is 0. The van der Waals surface area contributed by atoms with E-state index < -0.39 is 30.2 Å². The number of anilines is 1. The second-order valence-corrected chi connectivity index (χ2v) is 5.99. The van der Waals surface area contributed by atoms with E-state index in [1.54, 1.807) is 12.1 Å². The minimum Gasteiger partial charge on any atom is -0.324 e. The second kappa shape index (κ2) is 7.82. The van der Waals surface area contributed by atoms with Crippen LogP contribution in [-0.2, 0) is 16.0 Å². The van der Waals surface area contributed by atoms with Gasteiger partial charge in [0, 0.05) is 5.69 Å². The van der Waals surface area contributed by atoms with E-state index in [9.17, 15) is 18.8 Å². The van der Waals surface area contributed by atoms with Crippen LogP contribution in [0.4, 0.5) is 14.9 Å². The fourth-order valence-corrected chi connectivity index (χ4v) is 2.72. The lowest BCUT2D eigenvalue weighted by atomic mass is 10.1. The molecule has 2 aromatic rings. The van der Waals surface area contributed by atoms with Gasteiger partial charge in [-0.05, 0) is 41.8 Å². The molecule has 0 bridgehead atoms. The third-order valence-electron chi connectivity index (χ3n) is 4.12. The van der Waals surface area contributed by atoms with Crippen molar-refractivity contribution < 1.29 is 18.8 Å². The third-order valence-corrected chi connectivity index (χ3v) is 4.12. The summed E-state index contributed by atoms with van der Waals surface area (Å²) < 4.78 is 13.0. The number of imide groups is 1. The van der Waals surface area contributed by atoms with Crippen molar-refractivity contribution in [2.24, 2.45) is 0 Å². The number of halogens is 1. The SMILES string of the molecule is CCc1ccccc1NC(=O)CN1C(=O)N/C(=C/c2ccc(F)cc2)C1=O. The number of carbonyl (C=O) groups is 3. The first-order valence-corrected chi connectivity index (χ1v) is 8.46. The number of para-hydroxylation sites is 1. The van der Waals surface area contributed by atoms with Crippen molar-refractivity contribution in [1.82, 2.24) is 10.2 Å². The molecule has 0 saturated carbocycles. The van der Waals surface area contributed by atoms with Crippen LogP contribution >= 0.6 is 0 Å². The van der Waals surface area contributed by atoms with Crippen LogP contribution in [0.3, 0.4) is 0 Å². The van der Waals surface area contributed by atoms with E-state index in [0.717, 1.165) is 16.9 Å². The minimum atomic E-state index is -0.674. The number of urea groups is 1. The number of rotatable bonds is 5. The number of aryl methyl sites for hydroxylation is 1. The van der Waals surface area contributed by atoms with Gasteiger partial charge in [0.2, 0.25) is 5.91 Å². The normalized spacial score (nSPS) is 15.2. The Bertz CT molecular complexity index is 922. The molecule has 2 aromatic carbocycles. The fourth-order valence-electron chi connectivity index (χ4n) is 2.72. The van der Waals surface area contributed by atoms with Gasteiger partial charge in [-0.2, -0.15) is 0 Å². The zero-order valence-corrected chi connectivity index (χ0v) is 14.7. The van der Waals surface area contributed by atoms with E-state index in [4.69, 9.17) is 0 Å². The monoisotopic (exact) mass is 367 g/mol. The zero-order valence-electron chi connectivity index (χ0n) is 14.7. The first kappa shape index (κ1) is 18.3. The van der Waals surface area contributed by atoms with Gasteiger partial charge in [0.25, 0.3) is 5.91 Å². The van der Waals surface area contributed by atoms with Gasteiger partial charge in [-0.15, -0.1) is 0 Å². The van der Waals surface area contributed by atoms with Crippen molar-refractivity contribution in [2.45, 2.75) is 13.3 Å². The molecule has 2 N–H and O–H groups in total. The molecular weight excluding hydrogens is 349 g/mol. The molecule has 1 aliphatic heterocycles. The van der Waals surface area contributed by atoms with Gasteiger partial charge in [0.15, 0.2) is 0 Å². The van der Waals surface area contributed by atoms with E-state index in [2.05, 4.69) is 10.6 Å². The largest absolute Gasteiger partial charge is 0.329 e. The summed E-state index contributed by atoms with van der Waals surface area (Å²) in [4.78, 5) is 37.6. The van der Waals surface area contributed by atoms with E-state index in [1.165, 1.54) is 30.3 Å². The number of carbonyl (C=O) groups excluding carboxylic acids is 3. The minimum absolute atomic E-state index is 0.0355. The summed E-state index contributed by atoms with van der Waals surface area (Å²) in [5.74, 6) is -1.48. The summed E-state index contributed by atoms with van der Waals surface area (Å²) in [5, 5.41) is 5.16. The van der Waals surface area contributed by atoms with Crippen molar-refractivity contribution in [3.05, 3.63) is 71.2 Å². The van der Waals surface area contributed by atoms with Gasteiger partial charge in [-0.1, -0.05) is 37.3 Å². The highest BCUT2D eigenvalue weighted by Gasteiger charge is 2.34. The second-order valence-electron chi connectivity index (χ2n) is 5.99. The Morgan fingerprint density at radius 3 is 2.56 bits per heavy atom. The van der Waals surface area contributed by atoms with Crippen LogP contribution in [0.2, 0.25) is 0 Å². The number of nitrogens with zero attached hydrogens (tertiary/aromatic N) is 1. The number of nitrogens with one attached hydrogen (secondary N) is 2. The molecule has 0 aromatic heterocycles. The molecule has 4 amide bonds. The average molecular weight is 367 g/mol. The van der Waals surface area contributed by atoms with Crippen molar-refractivity contribution in [3.8, 4) is 0 Å². The van der Waals surface area contributed by atoms with Gasteiger partial charge in [-0.25, -0.2) is 14.1 Å². The molecule has 0 aliphatic carbocycles. The Morgan fingerprint density at radius 2 is 1.85 bits per heavy atom. The fraction of sp³-hybridized carbons (Fsp3) is 0.150. The summed E-state index contributed by atoms with van der Waals surface area (Å²) in [6.45, 7) is 1.57. The Hall–Kier alpha value is -3.48. The number of amides is 4. The Morgan fingerprint density at radius 1 is 1.15 bits per heavy atom. The predicted octanol–water partition coefficient (Wildman–Crippen LogP) is 2.92. The first-order valence-electron chi connectivity index (χ1n) is 8.46. The molecule has 138 valence electrons. The van der Waals surface area contributed by atoms with Gasteiger partial charge in [0.05, 0.1) is 0 Å². The molecule has 7 heteroatoms. The standard InChI is InChI=1S/C20H18FN3O3/c1-2-14-5-3-4-6-16(14)22-18(25)12-24-19(26)17(23-20(24)27)11-13-7-9-15(21)10-8-13/h3-11H,2,12H2,1H3,(H,22,25)(H,23,27)/b17-11+. The predicted molar refractivity (Wildman–Crippen MR) is 99.1 cm³/mol. The van der Waals surface area contributed by atoms with Crippen molar-refractivity contribution >= 4 is 29.6 Å². The Labute approximate surface area is 155 Å². The molecule has 3 rings (SSSR count). The zero-order chi connectivity index (χ0) is 19.4. The van der Waals surface area contributed by atoms with Crippen LogP contribution < -0.4 is 10.6 Å². The highest BCUT2D eigenvalue weighted by molar-refractivity contribution is 6.15. The third kappa shape index (κ3) is 4.20. The van der Waals surface area contributed by atoms with Crippen molar-refractivity contribution in [1.29, 1.82) is 0 Å². The molecule has 1 heterocycles. The van der Waals surface area contributed by atoms with Crippen LogP contribution in [-0.4, -0.2) is 29.3 Å². The van der Waals surface area contributed by atoms with E-state index in [-0.39, 0.29) is 5.70 Å². The molecule has 27 heavy (non-hydrogen) atoms. The molecule has 1 saturated heterocycles. The van der Waals surface area contributed by atoms with E-state index >= 15 is 0 Å². The Balaban J connectivity index is 1.70. The summed E-state index contributed by atoms with van der Waals surface area (Å²) in [6, 6.07) is 12.1. The lowest BCUT2D eigenvalue weighted by Crippen LogP contribution is -2.38. The number of hydrogen-bond donors (Lipinski definition) is 2. The van der Waals surface area contributed by atoms with Gasteiger partial charge in [0.1, 0.15) is 18.1 Å². The molecule has 0 atom stereocenters. The molecule has 6 nitrogen and oxygen atoms in total. The highest BCUT2D eigenvalue weighted by atomic mass is 19.1. The summed E-state index contributed by atoms with van der Waals surface area (Å²) in [5.41, 5.74) is 2.20. The van der Waals surface area contributed by atoms with Gasteiger partial charge >= 0.3 is 6.03 Å². The topological polar surface area (TPSA) is 78.5 Å². The van der Waals surface area contributed by atoms with Gasteiger partial charge < -0.3 is 10.6 Å². The quantitative estimate of drug-likeness (QED) is 0.630. The summed E-state index contributed by atoms with van der Waals surface area (Å²) in [6.07, 6.45) is 2.17. The van der Waals surface area contributed by atoms with Crippen molar-refractivity contribution in [3.63, 3.8) is 0 Å². The van der Waals surface area contributed by atoms with Gasteiger partial charge in [-0.3, -0.25) is 9.59 Å². The Kier molecular flexibility index (Phi) is 5.30. The van der Waals surface area contributed by atoms with Crippen molar-refractivity contribution in [2.75, 3.05) is 11.9 Å². The maximum Gasteiger partial charge on any atom is 0.329 e. The highest BCUT2D eigenvalue weighted by Crippen LogP contribution is 2.17. The van der Waals surface area contributed by atoms with Crippen LogP contribution in [0, 0.1) is 5.82 Å². The van der Waals surface area contributed by atoms with E-state index in [1.807, 2.05) is 19.1 Å². The van der Waals surface area contributed by atoms with Crippen LogP contribution in [0.15, 0.2) is 54.2 Å². The number of benzene rings is 2. The molecule has 1 aliphatic rings. The maximum atomic E-state index is 13.0. The lowest BCUT2D eigenvalue weighted by Gasteiger charge is -2.13. The molecule has 0 radical (unpaired) electrons. The number of hydrogen-bond acceptors (Lipinski definition) is 3. The van der Waals surface area contributed by atoms with Crippen LogP contribution in [0.1, 0.15) is 18.1 Å². The maximum absolute atomic E-state index is 13.0. The molecule has 0 spiro atoms. The van der Waals surface area contributed by atoms with E-state index in [0.29, 0.717) is 11.3 Å². The smallest absolute Gasteiger partial charge is 0.324 e.